The zero-order chi connectivity index (χ0) is 12.1. The second-order valence-electron chi connectivity index (χ2n) is 4.33. The second-order valence-corrected chi connectivity index (χ2v) is 4.76. The van der Waals surface area contributed by atoms with Crippen molar-refractivity contribution in [3.63, 3.8) is 0 Å². The quantitative estimate of drug-likeness (QED) is 0.443. The van der Waals surface area contributed by atoms with Gasteiger partial charge in [0.25, 0.3) is 0 Å². The Bertz CT molecular complexity index is 434. The van der Waals surface area contributed by atoms with E-state index in [0.29, 0.717) is 0 Å². The molecule has 0 radical (unpaired) electrons. The molecule has 1 aromatic rings. The van der Waals surface area contributed by atoms with Crippen molar-refractivity contribution in [1.29, 1.82) is 0 Å². The number of oxime groups is 1. The fourth-order valence-corrected chi connectivity index (χ4v) is 2.25. The van der Waals surface area contributed by atoms with E-state index in [1.54, 1.807) is 0 Å². The summed E-state index contributed by atoms with van der Waals surface area (Å²) in [5.41, 5.74) is 3.08. The molecule has 1 aliphatic carbocycles. The first-order chi connectivity index (χ1) is 8.29. The van der Waals surface area contributed by atoms with Gasteiger partial charge in [-0.1, -0.05) is 35.3 Å². The molecule has 1 aromatic carbocycles. The summed E-state index contributed by atoms with van der Waals surface area (Å²) in [5, 5.41) is 13.2. The molecule has 0 saturated heterocycles. The minimum atomic E-state index is 0.740. The van der Waals surface area contributed by atoms with E-state index in [-0.39, 0.29) is 0 Å². The van der Waals surface area contributed by atoms with Gasteiger partial charge in [-0.15, -0.1) is 0 Å². The molecule has 0 heterocycles. The van der Waals surface area contributed by atoms with E-state index in [4.69, 9.17) is 16.8 Å². The van der Waals surface area contributed by atoms with Gasteiger partial charge in [-0.25, -0.2) is 0 Å². The molecule has 0 aromatic heterocycles. The molecule has 0 amide bonds. The van der Waals surface area contributed by atoms with Gasteiger partial charge in [-0.3, -0.25) is 0 Å². The fraction of sp³-hybridized carbons (Fsp3) is 0.357. The third-order valence-corrected chi connectivity index (χ3v) is 3.31. The van der Waals surface area contributed by atoms with E-state index < -0.39 is 0 Å². The topological polar surface area (TPSA) is 32.6 Å². The van der Waals surface area contributed by atoms with Crippen LogP contribution in [0.25, 0.3) is 6.08 Å². The Labute approximate surface area is 107 Å². The monoisotopic (exact) mass is 249 g/mol. The highest BCUT2D eigenvalue weighted by Crippen LogP contribution is 2.23. The molecule has 0 atom stereocenters. The number of hydrogen-bond acceptors (Lipinski definition) is 2. The van der Waals surface area contributed by atoms with E-state index in [1.165, 1.54) is 12.8 Å². The minimum Gasteiger partial charge on any atom is -0.411 e. The normalized spacial score (nSPS) is 21.7. The van der Waals surface area contributed by atoms with Crippen LogP contribution in [0.3, 0.4) is 0 Å². The van der Waals surface area contributed by atoms with Crippen LogP contribution in [-0.4, -0.2) is 10.9 Å². The van der Waals surface area contributed by atoms with Crippen LogP contribution in [0, 0.1) is 0 Å². The van der Waals surface area contributed by atoms with Crippen LogP contribution in [0.2, 0.25) is 5.02 Å². The van der Waals surface area contributed by atoms with E-state index in [9.17, 15) is 0 Å². The fourth-order valence-electron chi connectivity index (χ4n) is 2.12. The highest BCUT2D eigenvalue weighted by Gasteiger charge is 2.12. The molecular weight excluding hydrogens is 234 g/mol. The van der Waals surface area contributed by atoms with Crippen molar-refractivity contribution in [3.8, 4) is 0 Å². The minimum absolute atomic E-state index is 0.740. The molecule has 1 N–H and O–H groups in total. The van der Waals surface area contributed by atoms with Crippen molar-refractivity contribution in [2.45, 2.75) is 32.1 Å². The van der Waals surface area contributed by atoms with Crippen molar-refractivity contribution in [3.05, 3.63) is 40.4 Å². The average Bonchev–Trinajstić information content (AvgIpc) is 2.57. The summed E-state index contributed by atoms with van der Waals surface area (Å²) in [6.07, 6.45) is 7.43. The largest absolute Gasteiger partial charge is 0.411 e. The van der Waals surface area contributed by atoms with Crippen molar-refractivity contribution < 1.29 is 5.21 Å². The SMILES string of the molecule is ON=C1CCCCCC1=Cc1ccc(Cl)cc1. The zero-order valence-corrected chi connectivity index (χ0v) is 10.5. The summed E-state index contributed by atoms with van der Waals surface area (Å²) in [4.78, 5) is 0. The molecule has 0 aliphatic heterocycles. The average molecular weight is 250 g/mol. The Morgan fingerprint density at radius 1 is 1.06 bits per heavy atom. The predicted octanol–water partition coefficient (Wildman–Crippen LogP) is 4.52. The van der Waals surface area contributed by atoms with Crippen LogP contribution in [0.4, 0.5) is 0 Å². The maximum atomic E-state index is 9.03. The van der Waals surface area contributed by atoms with Gasteiger partial charge in [0.2, 0.25) is 0 Å². The van der Waals surface area contributed by atoms with E-state index in [1.807, 2.05) is 24.3 Å². The van der Waals surface area contributed by atoms with Crippen molar-refractivity contribution in [2.75, 3.05) is 0 Å². The third kappa shape index (κ3) is 3.34. The summed E-state index contributed by atoms with van der Waals surface area (Å²) >= 11 is 5.85. The molecule has 17 heavy (non-hydrogen) atoms. The lowest BCUT2D eigenvalue weighted by Gasteiger charge is -2.05. The van der Waals surface area contributed by atoms with Crippen LogP contribution in [0.5, 0.6) is 0 Å². The van der Waals surface area contributed by atoms with Crippen LogP contribution in [0.1, 0.15) is 37.7 Å². The van der Waals surface area contributed by atoms with E-state index in [0.717, 1.165) is 41.1 Å². The van der Waals surface area contributed by atoms with Crippen molar-refractivity contribution in [1.82, 2.24) is 0 Å². The number of benzene rings is 1. The molecule has 1 aliphatic rings. The molecule has 2 nitrogen and oxygen atoms in total. The first-order valence-corrected chi connectivity index (χ1v) is 6.35. The standard InChI is InChI=1S/C14H16ClNO/c15-13-8-6-11(7-9-13)10-12-4-2-1-3-5-14(12)16-17/h6-10,17H,1-5H2. The molecule has 1 fully saturated rings. The molecule has 3 heteroatoms. The molecule has 90 valence electrons. The first kappa shape index (κ1) is 12.2. The second kappa shape index (κ2) is 5.87. The van der Waals surface area contributed by atoms with E-state index >= 15 is 0 Å². The van der Waals surface area contributed by atoms with Gasteiger partial charge in [0, 0.05) is 5.02 Å². The lowest BCUT2D eigenvalue weighted by Crippen LogP contribution is -2.00. The Morgan fingerprint density at radius 3 is 2.47 bits per heavy atom. The summed E-state index contributed by atoms with van der Waals surface area (Å²) in [6.45, 7) is 0. The van der Waals surface area contributed by atoms with Gasteiger partial charge in [0.1, 0.15) is 0 Å². The van der Waals surface area contributed by atoms with Gasteiger partial charge in [0.05, 0.1) is 5.71 Å². The smallest absolute Gasteiger partial charge is 0.0827 e. The third-order valence-electron chi connectivity index (χ3n) is 3.06. The van der Waals surface area contributed by atoms with Gasteiger partial charge < -0.3 is 5.21 Å². The van der Waals surface area contributed by atoms with Gasteiger partial charge in [-0.2, -0.15) is 0 Å². The van der Waals surface area contributed by atoms with Crippen LogP contribution >= 0.6 is 11.6 Å². The number of hydrogen-bond donors (Lipinski definition) is 1. The number of rotatable bonds is 1. The summed E-state index contributed by atoms with van der Waals surface area (Å²) < 4.78 is 0. The zero-order valence-electron chi connectivity index (χ0n) is 9.69. The Balaban J connectivity index is 2.26. The molecule has 0 unspecified atom stereocenters. The maximum absolute atomic E-state index is 9.03. The Morgan fingerprint density at radius 2 is 1.76 bits per heavy atom. The van der Waals surface area contributed by atoms with Gasteiger partial charge in [0.15, 0.2) is 0 Å². The highest BCUT2D eigenvalue weighted by atomic mass is 35.5. The summed E-state index contributed by atoms with van der Waals surface area (Å²) in [5.74, 6) is 0. The highest BCUT2D eigenvalue weighted by molar-refractivity contribution is 6.30. The summed E-state index contributed by atoms with van der Waals surface area (Å²) in [6, 6.07) is 7.71. The molecular formula is C14H16ClNO. The van der Waals surface area contributed by atoms with Crippen LogP contribution < -0.4 is 0 Å². The lowest BCUT2D eigenvalue weighted by atomic mass is 10.0. The molecule has 0 bridgehead atoms. The van der Waals surface area contributed by atoms with Crippen LogP contribution in [0.15, 0.2) is 35.0 Å². The maximum Gasteiger partial charge on any atom is 0.0827 e. The first-order valence-electron chi connectivity index (χ1n) is 5.97. The molecule has 2 rings (SSSR count). The molecule has 1 saturated carbocycles. The predicted molar refractivity (Wildman–Crippen MR) is 71.7 cm³/mol. The van der Waals surface area contributed by atoms with E-state index in [2.05, 4.69) is 11.2 Å². The van der Waals surface area contributed by atoms with Crippen molar-refractivity contribution in [2.24, 2.45) is 5.16 Å². The lowest BCUT2D eigenvalue weighted by molar-refractivity contribution is 0.318. The number of halogens is 1. The Hall–Kier alpha value is -1.28. The van der Waals surface area contributed by atoms with Crippen LogP contribution in [-0.2, 0) is 0 Å². The van der Waals surface area contributed by atoms with Gasteiger partial charge in [-0.05, 0) is 55.0 Å². The van der Waals surface area contributed by atoms with Crippen molar-refractivity contribution >= 4 is 23.4 Å². The number of allylic oxidation sites excluding steroid dienone is 1. The molecule has 0 spiro atoms. The summed E-state index contributed by atoms with van der Waals surface area (Å²) in [7, 11) is 0. The van der Waals surface area contributed by atoms with Gasteiger partial charge >= 0.3 is 0 Å². The Kier molecular flexibility index (Phi) is 4.21. The number of nitrogens with zero attached hydrogens (tertiary/aromatic N) is 1.